The van der Waals surface area contributed by atoms with Crippen molar-refractivity contribution in [2.75, 3.05) is 27.2 Å². The van der Waals surface area contributed by atoms with Gasteiger partial charge in [0.2, 0.25) is 5.91 Å². The van der Waals surface area contributed by atoms with Crippen molar-refractivity contribution >= 4 is 23.2 Å². The second-order valence-electron chi connectivity index (χ2n) is 8.01. The van der Waals surface area contributed by atoms with Crippen LogP contribution in [0.3, 0.4) is 0 Å². The highest BCUT2D eigenvalue weighted by atomic mass is 32.1. The van der Waals surface area contributed by atoms with Crippen molar-refractivity contribution in [3.8, 4) is 5.75 Å². The number of benzene rings is 1. The zero-order valence-electron chi connectivity index (χ0n) is 17.6. The first-order valence-electron chi connectivity index (χ1n) is 9.89. The fraction of sp³-hybridized carbons (Fsp3) is 0.455. The second kappa shape index (κ2) is 9.31. The lowest BCUT2D eigenvalue weighted by Gasteiger charge is -2.38. The highest BCUT2D eigenvalue weighted by Gasteiger charge is 2.34. The van der Waals surface area contributed by atoms with Crippen LogP contribution in [0.5, 0.6) is 5.75 Å². The monoisotopic (exact) mass is 414 g/mol. The van der Waals surface area contributed by atoms with E-state index in [-0.39, 0.29) is 24.1 Å². The molecule has 156 valence electrons. The minimum Gasteiger partial charge on any atom is -0.487 e. The van der Waals surface area contributed by atoms with E-state index in [2.05, 4.69) is 53.1 Å². The van der Waals surface area contributed by atoms with E-state index >= 15 is 0 Å². The molecule has 0 saturated carbocycles. The molecule has 1 aromatic heterocycles. The molecule has 1 aliphatic rings. The number of amides is 1. The average Bonchev–Trinajstić information content (AvgIpc) is 3.18. The van der Waals surface area contributed by atoms with Crippen LogP contribution in [0.2, 0.25) is 0 Å². The third kappa shape index (κ3) is 5.97. The molecule has 1 aromatic carbocycles. The van der Waals surface area contributed by atoms with Crippen LogP contribution in [0.15, 0.2) is 46.8 Å². The van der Waals surface area contributed by atoms with Gasteiger partial charge in [-0.15, -0.1) is 11.3 Å². The summed E-state index contributed by atoms with van der Waals surface area (Å²) in [6.45, 7) is 5.04. The van der Waals surface area contributed by atoms with Gasteiger partial charge in [-0.2, -0.15) is 0 Å². The highest BCUT2D eigenvalue weighted by molar-refractivity contribution is 7.09. The lowest BCUT2D eigenvalue weighted by Crippen LogP contribution is -2.46. The number of carbonyl (C=O) groups excluding carboxylic acids is 1. The predicted molar refractivity (Wildman–Crippen MR) is 119 cm³/mol. The number of fused-ring (bicyclic) bond motifs is 1. The normalized spacial score (nSPS) is 17.8. The molecule has 0 fully saturated rings. The van der Waals surface area contributed by atoms with E-state index in [1.54, 1.807) is 30.3 Å². The molecule has 1 unspecified atom stereocenters. The number of ether oxygens (including phenoxy) is 1. The number of rotatable bonds is 6. The van der Waals surface area contributed by atoms with Crippen LogP contribution in [0.1, 0.15) is 36.8 Å². The Bertz CT molecular complexity index is 846. The average molecular weight is 415 g/mol. The van der Waals surface area contributed by atoms with Crippen molar-refractivity contribution in [1.82, 2.24) is 15.5 Å². The zero-order valence-corrected chi connectivity index (χ0v) is 18.4. The maximum atomic E-state index is 12.0. The molecule has 0 saturated heterocycles. The van der Waals surface area contributed by atoms with Crippen molar-refractivity contribution < 1.29 is 9.53 Å². The number of hydrogen-bond donors (Lipinski definition) is 2. The molecule has 1 amide bonds. The Labute approximate surface area is 177 Å². The number of likely N-dealkylation sites (N-methyl/N-ethyl adjacent to an activating group) is 1. The number of carbonyl (C=O) groups is 1. The van der Waals surface area contributed by atoms with Crippen molar-refractivity contribution in [3.05, 3.63) is 52.2 Å². The molecule has 7 heteroatoms. The lowest BCUT2D eigenvalue weighted by atomic mass is 9.90. The maximum Gasteiger partial charge on any atom is 0.243 e. The van der Waals surface area contributed by atoms with E-state index in [4.69, 9.17) is 4.74 Å². The Morgan fingerprint density at radius 2 is 2.07 bits per heavy atom. The first kappa shape index (κ1) is 21.2. The molecular formula is C22H30N4O2S. The SMILES string of the molecule is CN(C)C(=O)CN=C(NCCc1cccs1)NC1CC(C)(C)Oc2ccccc21. The number of para-hydroxylation sites is 1. The predicted octanol–water partition coefficient (Wildman–Crippen LogP) is 3.22. The lowest BCUT2D eigenvalue weighted by molar-refractivity contribution is -0.127. The fourth-order valence-electron chi connectivity index (χ4n) is 3.30. The molecule has 0 aliphatic carbocycles. The van der Waals surface area contributed by atoms with Gasteiger partial charge < -0.3 is 20.3 Å². The van der Waals surface area contributed by atoms with Crippen LogP contribution >= 0.6 is 11.3 Å². The molecule has 2 N–H and O–H groups in total. The van der Waals surface area contributed by atoms with Crippen molar-refractivity contribution in [2.45, 2.75) is 38.3 Å². The van der Waals surface area contributed by atoms with E-state index in [1.165, 1.54) is 4.88 Å². The topological polar surface area (TPSA) is 66.0 Å². The van der Waals surface area contributed by atoms with Crippen LogP contribution in [0, 0.1) is 0 Å². The maximum absolute atomic E-state index is 12.0. The largest absolute Gasteiger partial charge is 0.487 e. The zero-order chi connectivity index (χ0) is 20.9. The third-order valence-corrected chi connectivity index (χ3v) is 5.74. The van der Waals surface area contributed by atoms with Crippen LogP contribution in [0.25, 0.3) is 0 Å². The molecule has 1 aliphatic heterocycles. The van der Waals surface area contributed by atoms with E-state index in [0.29, 0.717) is 5.96 Å². The van der Waals surface area contributed by atoms with Crippen molar-refractivity contribution in [1.29, 1.82) is 0 Å². The van der Waals surface area contributed by atoms with Crippen molar-refractivity contribution in [3.63, 3.8) is 0 Å². The summed E-state index contributed by atoms with van der Waals surface area (Å²) in [6.07, 6.45) is 1.72. The van der Waals surface area contributed by atoms with Gasteiger partial charge in [0.15, 0.2) is 5.96 Å². The minimum atomic E-state index is -0.284. The molecule has 6 nitrogen and oxygen atoms in total. The smallest absolute Gasteiger partial charge is 0.243 e. The number of nitrogens with zero attached hydrogens (tertiary/aromatic N) is 2. The Hall–Kier alpha value is -2.54. The standard InChI is InChI=1S/C22H30N4O2S/c1-22(2)14-18(17-9-5-6-10-19(17)28-22)25-21(24-15-20(27)26(3)4)23-12-11-16-8-7-13-29-16/h5-10,13,18H,11-12,14-15H2,1-4H3,(H2,23,24,25). The minimum absolute atomic E-state index is 0.0305. The van der Waals surface area contributed by atoms with E-state index in [0.717, 1.165) is 30.7 Å². The van der Waals surface area contributed by atoms with E-state index in [1.807, 2.05) is 18.2 Å². The highest BCUT2D eigenvalue weighted by Crippen LogP contribution is 2.39. The van der Waals surface area contributed by atoms with Gasteiger partial charge in [0.25, 0.3) is 0 Å². The quantitative estimate of drug-likeness (QED) is 0.563. The van der Waals surface area contributed by atoms with E-state index in [9.17, 15) is 4.79 Å². The molecular weight excluding hydrogens is 384 g/mol. The number of nitrogens with one attached hydrogen (secondary N) is 2. The van der Waals surface area contributed by atoms with Crippen molar-refractivity contribution in [2.24, 2.45) is 4.99 Å². The number of aliphatic imine (C=N–C) groups is 1. The fourth-order valence-corrected chi connectivity index (χ4v) is 4.00. The van der Waals surface area contributed by atoms with Crippen LogP contribution in [-0.4, -0.2) is 49.6 Å². The van der Waals surface area contributed by atoms with Gasteiger partial charge in [-0.3, -0.25) is 4.79 Å². The van der Waals surface area contributed by atoms with Gasteiger partial charge in [-0.05, 0) is 37.8 Å². The third-order valence-electron chi connectivity index (χ3n) is 4.80. The van der Waals surface area contributed by atoms with E-state index < -0.39 is 0 Å². The van der Waals surface area contributed by atoms with Gasteiger partial charge in [0.05, 0.1) is 6.04 Å². The second-order valence-corrected chi connectivity index (χ2v) is 9.04. The van der Waals surface area contributed by atoms with Gasteiger partial charge >= 0.3 is 0 Å². The molecule has 0 bridgehead atoms. The van der Waals surface area contributed by atoms with Gasteiger partial charge in [0.1, 0.15) is 17.9 Å². The van der Waals surface area contributed by atoms with Gasteiger partial charge in [-0.1, -0.05) is 24.3 Å². The summed E-state index contributed by atoms with van der Waals surface area (Å²) >= 11 is 1.75. The molecule has 0 spiro atoms. The Morgan fingerprint density at radius 3 is 2.79 bits per heavy atom. The number of hydrogen-bond acceptors (Lipinski definition) is 4. The summed E-state index contributed by atoms with van der Waals surface area (Å²) < 4.78 is 6.13. The summed E-state index contributed by atoms with van der Waals surface area (Å²) in [5.74, 6) is 1.51. The molecule has 0 radical (unpaired) electrons. The summed E-state index contributed by atoms with van der Waals surface area (Å²) in [5.41, 5.74) is 0.826. The number of thiophene rings is 1. The summed E-state index contributed by atoms with van der Waals surface area (Å²) in [6, 6.07) is 12.3. The summed E-state index contributed by atoms with van der Waals surface area (Å²) in [4.78, 5) is 19.5. The molecule has 3 rings (SSSR count). The first-order chi connectivity index (χ1) is 13.8. The van der Waals surface area contributed by atoms with Crippen LogP contribution < -0.4 is 15.4 Å². The molecule has 2 aromatic rings. The molecule has 1 atom stereocenters. The Kier molecular flexibility index (Phi) is 6.79. The Balaban J connectivity index is 1.74. The number of guanidine groups is 1. The summed E-state index contributed by atoms with van der Waals surface area (Å²) in [5, 5.41) is 9.01. The molecule has 2 heterocycles. The summed E-state index contributed by atoms with van der Waals surface area (Å²) in [7, 11) is 3.48. The van der Waals surface area contributed by atoms with Gasteiger partial charge in [0, 0.05) is 37.5 Å². The van der Waals surface area contributed by atoms with Crippen LogP contribution in [-0.2, 0) is 11.2 Å². The van der Waals surface area contributed by atoms with Crippen LogP contribution in [0.4, 0.5) is 0 Å². The Morgan fingerprint density at radius 1 is 1.28 bits per heavy atom. The first-order valence-corrected chi connectivity index (χ1v) is 10.8. The van der Waals surface area contributed by atoms with Gasteiger partial charge in [-0.25, -0.2) is 4.99 Å². The molecule has 29 heavy (non-hydrogen) atoms.